The Morgan fingerprint density at radius 1 is 1.73 bits per heavy atom. The Labute approximate surface area is 67.1 Å². The highest BCUT2D eigenvalue weighted by molar-refractivity contribution is 4.88. The molecular formula is C8H16FNO. The van der Waals surface area contributed by atoms with Gasteiger partial charge in [0.1, 0.15) is 5.67 Å². The van der Waals surface area contributed by atoms with Gasteiger partial charge in [0.25, 0.3) is 0 Å². The van der Waals surface area contributed by atoms with E-state index in [0.717, 1.165) is 6.42 Å². The van der Waals surface area contributed by atoms with Gasteiger partial charge in [0.2, 0.25) is 0 Å². The third-order valence-electron chi connectivity index (χ3n) is 2.20. The summed E-state index contributed by atoms with van der Waals surface area (Å²) >= 11 is 0. The highest BCUT2D eigenvalue weighted by Crippen LogP contribution is 2.23. The SMILES string of the molecule is COCC1(F)CCC(C)NC1. The zero-order valence-electron chi connectivity index (χ0n) is 7.19. The lowest BCUT2D eigenvalue weighted by Gasteiger charge is -2.32. The van der Waals surface area contributed by atoms with E-state index >= 15 is 0 Å². The third-order valence-corrected chi connectivity index (χ3v) is 2.20. The van der Waals surface area contributed by atoms with E-state index in [9.17, 15) is 4.39 Å². The number of rotatable bonds is 2. The number of alkyl halides is 1. The van der Waals surface area contributed by atoms with Crippen LogP contribution in [0.5, 0.6) is 0 Å². The van der Waals surface area contributed by atoms with E-state index in [-0.39, 0.29) is 6.61 Å². The molecule has 1 saturated heterocycles. The number of hydrogen-bond acceptors (Lipinski definition) is 2. The average Bonchev–Trinajstić information content (AvgIpc) is 1.97. The molecule has 66 valence electrons. The van der Waals surface area contributed by atoms with Gasteiger partial charge in [-0.1, -0.05) is 0 Å². The van der Waals surface area contributed by atoms with Crippen molar-refractivity contribution in [2.24, 2.45) is 0 Å². The van der Waals surface area contributed by atoms with Crippen molar-refractivity contribution in [1.82, 2.24) is 5.32 Å². The van der Waals surface area contributed by atoms with Crippen molar-refractivity contribution in [2.45, 2.75) is 31.5 Å². The van der Waals surface area contributed by atoms with Gasteiger partial charge in [-0.15, -0.1) is 0 Å². The van der Waals surface area contributed by atoms with Crippen LogP contribution in [0.15, 0.2) is 0 Å². The van der Waals surface area contributed by atoms with Crippen LogP contribution in [-0.2, 0) is 4.74 Å². The van der Waals surface area contributed by atoms with Crippen molar-refractivity contribution >= 4 is 0 Å². The number of ether oxygens (including phenoxy) is 1. The van der Waals surface area contributed by atoms with Gasteiger partial charge in [0.05, 0.1) is 6.61 Å². The van der Waals surface area contributed by atoms with Crippen molar-refractivity contribution < 1.29 is 9.13 Å². The molecule has 0 aromatic carbocycles. The molecule has 1 aliphatic heterocycles. The Morgan fingerprint density at radius 3 is 2.91 bits per heavy atom. The molecule has 0 amide bonds. The first kappa shape index (κ1) is 8.94. The normalized spacial score (nSPS) is 39.0. The highest BCUT2D eigenvalue weighted by atomic mass is 19.1. The monoisotopic (exact) mass is 161 g/mol. The first-order valence-electron chi connectivity index (χ1n) is 4.07. The molecule has 0 radical (unpaired) electrons. The summed E-state index contributed by atoms with van der Waals surface area (Å²) in [5.74, 6) is 0. The van der Waals surface area contributed by atoms with Crippen LogP contribution in [0.25, 0.3) is 0 Å². The van der Waals surface area contributed by atoms with Crippen molar-refractivity contribution in [3.8, 4) is 0 Å². The zero-order chi connectivity index (χ0) is 8.32. The standard InChI is InChI=1S/C8H16FNO/c1-7-3-4-8(9,5-10-7)6-11-2/h7,10H,3-6H2,1-2H3. The zero-order valence-corrected chi connectivity index (χ0v) is 7.19. The number of hydrogen-bond donors (Lipinski definition) is 1. The predicted molar refractivity (Wildman–Crippen MR) is 42.4 cm³/mol. The Hall–Kier alpha value is -0.150. The minimum atomic E-state index is -1.12. The maximum atomic E-state index is 13.6. The summed E-state index contributed by atoms with van der Waals surface area (Å²) < 4.78 is 18.4. The lowest BCUT2D eigenvalue weighted by atomic mass is 9.93. The molecule has 0 aliphatic carbocycles. The molecule has 1 fully saturated rings. The molecule has 2 unspecified atom stereocenters. The molecule has 0 bridgehead atoms. The van der Waals surface area contributed by atoms with Crippen LogP contribution >= 0.6 is 0 Å². The fraction of sp³-hybridized carbons (Fsp3) is 1.00. The van der Waals surface area contributed by atoms with E-state index in [1.165, 1.54) is 0 Å². The van der Waals surface area contributed by atoms with Crippen molar-refractivity contribution in [2.75, 3.05) is 20.3 Å². The fourth-order valence-corrected chi connectivity index (χ4v) is 1.40. The van der Waals surface area contributed by atoms with Gasteiger partial charge in [0, 0.05) is 19.7 Å². The summed E-state index contributed by atoms with van der Waals surface area (Å²) in [6.45, 7) is 2.72. The predicted octanol–water partition coefficient (Wildman–Crippen LogP) is 1.11. The van der Waals surface area contributed by atoms with E-state index in [1.54, 1.807) is 7.11 Å². The molecule has 1 heterocycles. The molecule has 0 aromatic heterocycles. The van der Waals surface area contributed by atoms with Crippen LogP contribution in [0.1, 0.15) is 19.8 Å². The van der Waals surface area contributed by atoms with E-state index in [1.807, 2.05) is 0 Å². The Balaban J connectivity index is 2.35. The molecule has 0 spiro atoms. The second-order valence-corrected chi connectivity index (χ2v) is 3.40. The summed E-state index contributed by atoms with van der Waals surface area (Å²) in [6, 6.07) is 0.454. The largest absolute Gasteiger partial charge is 0.381 e. The van der Waals surface area contributed by atoms with Gasteiger partial charge >= 0.3 is 0 Å². The van der Waals surface area contributed by atoms with Crippen LogP contribution in [0, 0.1) is 0 Å². The number of halogens is 1. The average molecular weight is 161 g/mol. The topological polar surface area (TPSA) is 21.3 Å². The van der Waals surface area contributed by atoms with Crippen molar-refractivity contribution in [1.29, 1.82) is 0 Å². The van der Waals surface area contributed by atoms with E-state index < -0.39 is 5.67 Å². The fourth-order valence-electron chi connectivity index (χ4n) is 1.40. The Morgan fingerprint density at radius 2 is 2.45 bits per heavy atom. The summed E-state index contributed by atoms with van der Waals surface area (Å²) in [5, 5.41) is 3.10. The second kappa shape index (κ2) is 3.50. The van der Waals surface area contributed by atoms with Crippen molar-refractivity contribution in [3.63, 3.8) is 0 Å². The molecule has 1 rings (SSSR count). The lowest BCUT2D eigenvalue weighted by Crippen LogP contribution is -2.48. The van der Waals surface area contributed by atoms with Gasteiger partial charge in [0.15, 0.2) is 0 Å². The van der Waals surface area contributed by atoms with Crippen LogP contribution in [0.4, 0.5) is 4.39 Å². The molecule has 2 nitrogen and oxygen atoms in total. The minimum Gasteiger partial charge on any atom is -0.381 e. The molecule has 1 aliphatic rings. The summed E-state index contributed by atoms with van der Waals surface area (Å²) in [5.41, 5.74) is -1.12. The van der Waals surface area contributed by atoms with E-state index in [4.69, 9.17) is 4.74 Å². The molecule has 0 aromatic rings. The number of nitrogens with one attached hydrogen (secondary N) is 1. The van der Waals surface area contributed by atoms with Gasteiger partial charge < -0.3 is 10.1 Å². The first-order valence-corrected chi connectivity index (χ1v) is 4.07. The van der Waals surface area contributed by atoms with Gasteiger partial charge in [-0.05, 0) is 19.8 Å². The van der Waals surface area contributed by atoms with Crippen LogP contribution in [0.2, 0.25) is 0 Å². The van der Waals surface area contributed by atoms with Gasteiger partial charge in [-0.2, -0.15) is 0 Å². The van der Waals surface area contributed by atoms with Crippen LogP contribution in [0.3, 0.4) is 0 Å². The molecule has 0 saturated carbocycles. The Bertz CT molecular complexity index is 121. The number of methoxy groups -OCH3 is 1. The molecule has 2 atom stereocenters. The van der Waals surface area contributed by atoms with Crippen LogP contribution < -0.4 is 5.32 Å². The van der Waals surface area contributed by atoms with E-state index in [0.29, 0.717) is 19.0 Å². The molecule has 11 heavy (non-hydrogen) atoms. The smallest absolute Gasteiger partial charge is 0.146 e. The highest BCUT2D eigenvalue weighted by Gasteiger charge is 2.33. The molecule has 1 N–H and O–H groups in total. The maximum Gasteiger partial charge on any atom is 0.146 e. The summed E-state index contributed by atoms with van der Waals surface area (Å²) in [6.07, 6.45) is 1.52. The lowest BCUT2D eigenvalue weighted by molar-refractivity contribution is 0.0162. The van der Waals surface area contributed by atoms with Crippen molar-refractivity contribution in [3.05, 3.63) is 0 Å². The van der Waals surface area contributed by atoms with Crippen LogP contribution in [-0.4, -0.2) is 32.0 Å². The Kier molecular flexibility index (Phi) is 2.84. The van der Waals surface area contributed by atoms with Gasteiger partial charge in [-0.25, -0.2) is 4.39 Å². The summed E-state index contributed by atoms with van der Waals surface area (Å²) in [7, 11) is 1.54. The second-order valence-electron chi connectivity index (χ2n) is 3.40. The summed E-state index contributed by atoms with van der Waals surface area (Å²) in [4.78, 5) is 0. The maximum absolute atomic E-state index is 13.6. The molecular weight excluding hydrogens is 145 g/mol. The van der Waals surface area contributed by atoms with E-state index in [2.05, 4.69) is 12.2 Å². The molecule has 3 heteroatoms. The third kappa shape index (κ3) is 2.42. The first-order chi connectivity index (χ1) is 5.16. The van der Waals surface area contributed by atoms with Gasteiger partial charge in [-0.3, -0.25) is 0 Å². The minimum absolute atomic E-state index is 0.215. The quantitative estimate of drug-likeness (QED) is 0.655. The number of piperidine rings is 1.